The molecule has 0 spiro atoms. The highest BCUT2D eigenvalue weighted by Crippen LogP contribution is 2.28. The number of thiazole rings is 1. The third-order valence-electron chi connectivity index (χ3n) is 5.28. The Bertz CT molecular complexity index is 1150. The SMILES string of the molecule is Cc1ccc(NC(=O)Cc2csc(-c3cccs3)n2)cc1S(=O)(=O)N1CCCCCC1. The number of rotatable bonds is 6. The molecular formula is C22H25N3O3S3. The minimum Gasteiger partial charge on any atom is -0.326 e. The quantitative estimate of drug-likeness (QED) is 0.548. The van der Waals surface area contributed by atoms with Gasteiger partial charge in [0.15, 0.2) is 0 Å². The van der Waals surface area contributed by atoms with E-state index in [1.807, 2.05) is 22.9 Å². The molecule has 164 valence electrons. The molecule has 31 heavy (non-hydrogen) atoms. The Morgan fingerprint density at radius 2 is 1.90 bits per heavy atom. The predicted molar refractivity (Wildman–Crippen MR) is 126 cm³/mol. The van der Waals surface area contributed by atoms with Crippen LogP contribution in [-0.2, 0) is 21.2 Å². The summed E-state index contributed by atoms with van der Waals surface area (Å²) in [5.41, 5.74) is 1.87. The molecule has 4 rings (SSSR count). The van der Waals surface area contributed by atoms with Gasteiger partial charge in [0.1, 0.15) is 5.01 Å². The molecule has 2 aromatic heterocycles. The zero-order valence-electron chi connectivity index (χ0n) is 17.3. The Kier molecular flexibility index (Phi) is 6.86. The largest absolute Gasteiger partial charge is 0.326 e. The number of nitrogens with one attached hydrogen (secondary N) is 1. The van der Waals surface area contributed by atoms with Crippen LogP contribution in [0.4, 0.5) is 5.69 Å². The fourth-order valence-electron chi connectivity index (χ4n) is 3.65. The van der Waals surface area contributed by atoms with E-state index in [-0.39, 0.29) is 17.2 Å². The van der Waals surface area contributed by atoms with Crippen LogP contribution in [-0.4, -0.2) is 36.7 Å². The van der Waals surface area contributed by atoms with Crippen molar-refractivity contribution in [2.24, 2.45) is 0 Å². The van der Waals surface area contributed by atoms with E-state index >= 15 is 0 Å². The van der Waals surface area contributed by atoms with E-state index in [1.165, 1.54) is 11.3 Å². The summed E-state index contributed by atoms with van der Waals surface area (Å²) in [6.07, 6.45) is 4.04. The summed E-state index contributed by atoms with van der Waals surface area (Å²) in [5, 5.41) is 7.62. The lowest BCUT2D eigenvalue weighted by atomic mass is 10.2. The maximum Gasteiger partial charge on any atom is 0.243 e. The highest BCUT2D eigenvalue weighted by atomic mass is 32.2. The number of benzene rings is 1. The number of aromatic nitrogens is 1. The highest BCUT2D eigenvalue weighted by molar-refractivity contribution is 7.89. The number of aryl methyl sites for hydroxylation is 1. The summed E-state index contributed by atoms with van der Waals surface area (Å²) >= 11 is 3.13. The lowest BCUT2D eigenvalue weighted by molar-refractivity contribution is -0.115. The van der Waals surface area contributed by atoms with E-state index in [2.05, 4.69) is 10.3 Å². The molecule has 0 radical (unpaired) electrons. The molecule has 1 amide bonds. The molecule has 6 nitrogen and oxygen atoms in total. The molecule has 1 saturated heterocycles. The second kappa shape index (κ2) is 9.60. The topological polar surface area (TPSA) is 79.4 Å². The smallest absolute Gasteiger partial charge is 0.243 e. The van der Waals surface area contributed by atoms with Crippen LogP contribution in [0.15, 0.2) is 46.0 Å². The second-order valence-corrected chi connectivity index (χ2v) is 11.4. The molecule has 1 fully saturated rings. The van der Waals surface area contributed by atoms with E-state index < -0.39 is 10.0 Å². The Balaban J connectivity index is 1.47. The standard InChI is InChI=1S/C22H25N3O3S3/c1-16-8-9-17(13-20(16)31(27,28)25-10-4-2-3-5-11-25)23-21(26)14-18-15-30-22(24-18)19-7-6-12-29-19/h6-9,12-13,15H,2-5,10-11,14H2,1H3,(H,23,26). The molecule has 0 saturated carbocycles. The molecular weight excluding hydrogens is 450 g/mol. The number of sulfonamides is 1. The molecule has 0 bridgehead atoms. The summed E-state index contributed by atoms with van der Waals surface area (Å²) in [5.74, 6) is -0.218. The van der Waals surface area contributed by atoms with Crippen molar-refractivity contribution in [2.45, 2.75) is 43.9 Å². The highest BCUT2D eigenvalue weighted by Gasteiger charge is 2.27. The molecule has 0 aliphatic carbocycles. The van der Waals surface area contributed by atoms with Crippen molar-refractivity contribution < 1.29 is 13.2 Å². The van der Waals surface area contributed by atoms with Crippen molar-refractivity contribution in [1.29, 1.82) is 0 Å². The van der Waals surface area contributed by atoms with Crippen molar-refractivity contribution in [3.8, 4) is 9.88 Å². The van der Waals surface area contributed by atoms with E-state index in [1.54, 1.807) is 40.8 Å². The first-order valence-electron chi connectivity index (χ1n) is 10.3. The third kappa shape index (κ3) is 5.23. The van der Waals surface area contributed by atoms with Gasteiger partial charge >= 0.3 is 0 Å². The minimum absolute atomic E-state index is 0.143. The Morgan fingerprint density at radius 1 is 1.13 bits per heavy atom. The first-order valence-corrected chi connectivity index (χ1v) is 13.5. The van der Waals surface area contributed by atoms with Gasteiger partial charge in [-0.15, -0.1) is 22.7 Å². The summed E-state index contributed by atoms with van der Waals surface area (Å²) < 4.78 is 28.0. The monoisotopic (exact) mass is 475 g/mol. The van der Waals surface area contributed by atoms with Crippen LogP contribution >= 0.6 is 22.7 Å². The molecule has 0 atom stereocenters. The van der Waals surface area contributed by atoms with E-state index in [9.17, 15) is 13.2 Å². The maximum absolute atomic E-state index is 13.2. The number of carbonyl (C=O) groups is 1. The van der Waals surface area contributed by atoms with Crippen molar-refractivity contribution >= 4 is 44.3 Å². The number of thiophene rings is 1. The summed E-state index contributed by atoms with van der Waals surface area (Å²) in [7, 11) is -3.58. The van der Waals surface area contributed by atoms with Crippen LogP contribution < -0.4 is 5.32 Å². The zero-order chi connectivity index (χ0) is 21.8. The molecule has 3 heterocycles. The molecule has 1 N–H and O–H groups in total. The number of hydrogen-bond donors (Lipinski definition) is 1. The van der Waals surface area contributed by atoms with Gasteiger partial charge in [-0.05, 0) is 48.9 Å². The number of carbonyl (C=O) groups excluding carboxylic acids is 1. The molecule has 1 aromatic carbocycles. The van der Waals surface area contributed by atoms with Gasteiger partial charge < -0.3 is 5.32 Å². The van der Waals surface area contributed by atoms with Crippen molar-refractivity contribution in [3.05, 3.63) is 52.3 Å². The molecule has 9 heteroatoms. The lowest BCUT2D eigenvalue weighted by Gasteiger charge is -2.21. The van der Waals surface area contributed by atoms with Gasteiger partial charge in [-0.3, -0.25) is 4.79 Å². The van der Waals surface area contributed by atoms with Gasteiger partial charge in [-0.1, -0.05) is 25.0 Å². The first-order chi connectivity index (χ1) is 14.9. The van der Waals surface area contributed by atoms with Gasteiger partial charge in [0, 0.05) is 24.2 Å². The van der Waals surface area contributed by atoms with E-state index in [0.717, 1.165) is 35.6 Å². The van der Waals surface area contributed by atoms with Crippen LogP contribution in [0.1, 0.15) is 36.9 Å². The second-order valence-electron chi connectivity index (χ2n) is 7.64. The van der Waals surface area contributed by atoms with Crippen LogP contribution in [0, 0.1) is 6.92 Å². The van der Waals surface area contributed by atoms with E-state index in [4.69, 9.17) is 0 Å². The van der Waals surface area contributed by atoms with E-state index in [0.29, 0.717) is 30.0 Å². The maximum atomic E-state index is 13.2. The number of amides is 1. The minimum atomic E-state index is -3.58. The normalized spacial score (nSPS) is 15.5. The molecule has 1 aliphatic rings. The molecule has 1 aliphatic heterocycles. The van der Waals surface area contributed by atoms with Crippen LogP contribution in [0.3, 0.4) is 0 Å². The van der Waals surface area contributed by atoms with Gasteiger partial charge in [-0.25, -0.2) is 13.4 Å². The van der Waals surface area contributed by atoms with Crippen molar-refractivity contribution in [3.63, 3.8) is 0 Å². The Labute approximate surface area is 191 Å². The van der Waals surface area contributed by atoms with Crippen LogP contribution in [0.5, 0.6) is 0 Å². The number of anilines is 1. The lowest BCUT2D eigenvalue weighted by Crippen LogP contribution is -2.32. The van der Waals surface area contributed by atoms with Crippen molar-refractivity contribution in [1.82, 2.24) is 9.29 Å². The summed E-state index contributed by atoms with van der Waals surface area (Å²) in [6.45, 7) is 2.89. The fourth-order valence-corrected chi connectivity index (χ4v) is 7.05. The van der Waals surface area contributed by atoms with Gasteiger partial charge in [0.2, 0.25) is 15.9 Å². The van der Waals surface area contributed by atoms with Gasteiger partial charge in [0.05, 0.1) is 21.9 Å². The predicted octanol–water partition coefficient (Wildman–Crippen LogP) is 4.93. The van der Waals surface area contributed by atoms with Crippen LogP contribution in [0.25, 0.3) is 9.88 Å². The first kappa shape index (κ1) is 22.1. The third-order valence-corrected chi connectivity index (χ3v) is 9.25. The number of nitrogens with zero attached hydrogens (tertiary/aromatic N) is 2. The molecule has 3 aromatic rings. The van der Waals surface area contributed by atoms with Crippen molar-refractivity contribution in [2.75, 3.05) is 18.4 Å². The summed E-state index contributed by atoms with van der Waals surface area (Å²) in [6, 6.07) is 9.05. The Morgan fingerprint density at radius 3 is 2.61 bits per heavy atom. The van der Waals surface area contributed by atoms with Gasteiger partial charge in [0.25, 0.3) is 0 Å². The fraction of sp³-hybridized carbons (Fsp3) is 0.364. The Hall–Kier alpha value is -2.07. The molecule has 0 unspecified atom stereocenters. The number of hydrogen-bond acceptors (Lipinski definition) is 6. The average Bonchev–Trinajstić information content (AvgIpc) is 3.35. The average molecular weight is 476 g/mol. The zero-order valence-corrected chi connectivity index (χ0v) is 19.8. The summed E-state index contributed by atoms with van der Waals surface area (Å²) in [4.78, 5) is 18.5. The van der Waals surface area contributed by atoms with Gasteiger partial charge in [-0.2, -0.15) is 4.31 Å². The van der Waals surface area contributed by atoms with Crippen LogP contribution in [0.2, 0.25) is 0 Å².